The van der Waals surface area contributed by atoms with Crippen LogP contribution in [0.5, 0.6) is 0 Å². The van der Waals surface area contributed by atoms with Gasteiger partial charge in [-0.3, -0.25) is 0 Å². The number of rotatable bonds is 4. The molecule has 5 nitrogen and oxygen atoms in total. The van der Waals surface area contributed by atoms with Gasteiger partial charge in [0, 0.05) is 0 Å². The van der Waals surface area contributed by atoms with Crippen LogP contribution in [0.15, 0.2) is 28.4 Å². The lowest BCUT2D eigenvalue weighted by Gasteiger charge is -2.07. The molecule has 0 saturated heterocycles. The number of aliphatic hydroxyl groups is 2. The average molecular weight is 233 g/mol. The van der Waals surface area contributed by atoms with Crippen molar-refractivity contribution < 1.29 is 10.2 Å². The van der Waals surface area contributed by atoms with E-state index in [-0.39, 0.29) is 13.2 Å². The molecule has 1 aromatic carbocycles. The molecule has 1 rings (SSSR count). The Labute approximate surface area is 100 Å². The minimum Gasteiger partial charge on any atom is -0.392 e. The van der Waals surface area contributed by atoms with Crippen molar-refractivity contribution in [1.82, 2.24) is 0 Å². The van der Waals surface area contributed by atoms with Crippen LogP contribution < -0.4 is 0 Å². The van der Waals surface area contributed by atoms with E-state index in [1.54, 1.807) is 32.0 Å². The van der Waals surface area contributed by atoms with Crippen molar-refractivity contribution in [2.24, 2.45) is 10.2 Å². The standard InChI is InChI=1S/C12H15N3O2/c1-12(2,8-13)15-14-11-4-9(6-16)3-10(5-11)7-17/h3-5,16-17H,6-7H2,1-2H3. The number of azo groups is 1. The summed E-state index contributed by atoms with van der Waals surface area (Å²) in [5, 5.41) is 34.7. The van der Waals surface area contributed by atoms with Gasteiger partial charge in [-0.1, -0.05) is 6.07 Å². The zero-order valence-electron chi connectivity index (χ0n) is 9.88. The minimum atomic E-state index is -0.880. The van der Waals surface area contributed by atoms with Gasteiger partial charge in [0.05, 0.1) is 25.0 Å². The first-order valence-electron chi connectivity index (χ1n) is 5.19. The highest BCUT2D eigenvalue weighted by Gasteiger charge is 2.14. The molecular formula is C12H15N3O2. The molecule has 0 aliphatic carbocycles. The van der Waals surface area contributed by atoms with Crippen LogP contribution in [0.2, 0.25) is 0 Å². The van der Waals surface area contributed by atoms with Gasteiger partial charge < -0.3 is 10.2 Å². The van der Waals surface area contributed by atoms with Crippen LogP contribution in [-0.2, 0) is 13.2 Å². The van der Waals surface area contributed by atoms with E-state index in [9.17, 15) is 0 Å². The lowest BCUT2D eigenvalue weighted by Crippen LogP contribution is -2.11. The molecule has 0 fully saturated rings. The molecule has 0 radical (unpaired) electrons. The SMILES string of the molecule is CC(C)(C#N)N=Nc1cc(CO)cc(CO)c1. The van der Waals surface area contributed by atoms with Crippen molar-refractivity contribution in [1.29, 1.82) is 5.26 Å². The summed E-state index contributed by atoms with van der Waals surface area (Å²) in [5.74, 6) is 0. The van der Waals surface area contributed by atoms with Crippen LogP contribution in [0.1, 0.15) is 25.0 Å². The quantitative estimate of drug-likeness (QED) is 0.780. The Morgan fingerprint density at radius 2 is 1.71 bits per heavy atom. The van der Waals surface area contributed by atoms with Crippen molar-refractivity contribution in [3.8, 4) is 6.07 Å². The summed E-state index contributed by atoms with van der Waals surface area (Å²) in [6, 6.07) is 7.02. The summed E-state index contributed by atoms with van der Waals surface area (Å²) in [4.78, 5) is 0. The first-order chi connectivity index (χ1) is 8.00. The van der Waals surface area contributed by atoms with Crippen molar-refractivity contribution in [3.63, 3.8) is 0 Å². The second-order valence-corrected chi connectivity index (χ2v) is 4.19. The van der Waals surface area contributed by atoms with Gasteiger partial charge in [0.1, 0.15) is 0 Å². The van der Waals surface area contributed by atoms with Crippen LogP contribution in [0.3, 0.4) is 0 Å². The molecule has 90 valence electrons. The number of hydrogen-bond acceptors (Lipinski definition) is 5. The monoisotopic (exact) mass is 233 g/mol. The van der Waals surface area contributed by atoms with Crippen LogP contribution in [-0.4, -0.2) is 15.8 Å². The van der Waals surface area contributed by atoms with Gasteiger partial charge >= 0.3 is 0 Å². The van der Waals surface area contributed by atoms with Gasteiger partial charge in [-0.25, -0.2) is 0 Å². The van der Waals surface area contributed by atoms with Gasteiger partial charge in [0.2, 0.25) is 0 Å². The molecule has 0 heterocycles. The highest BCUT2D eigenvalue weighted by atomic mass is 16.3. The average Bonchev–Trinajstić information content (AvgIpc) is 2.36. The first-order valence-corrected chi connectivity index (χ1v) is 5.19. The highest BCUT2D eigenvalue weighted by molar-refractivity contribution is 5.43. The smallest absolute Gasteiger partial charge is 0.162 e. The third kappa shape index (κ3) is 3.94. The third-order valence-electron chi connectivity index (χ3n) is 2.09. The van der Waals surface area contributed by atoms with E-state index in [0.717, 1.165) is 0 Å². The largest absolute Gasteiger partial charge is 0.392 e. The first kappa shape index (κ1) is 13.3. The van der Waals surface area contributed by atoms with Gasteiger partial charge in [-0.15, -0.1) is 0 Å². The third-order valence-corrected chi connectivity index (χ3v) is 2.09. The van der Waals surface area contributed by atoms with E-state index in [4.69, 9.17) is 15.5 Å². The van der Waals surface area contributed by atoms with Gasteiger partial charge in [-0.2, -0.15) is 15.5 Å². The lowest BCUT2D eigenvalue weighted by atomic mass is 10.1. The fourth-order valence-electron chi connectivity index (χ4n) is 1.19. The Hall–Kier alpha value is -1.77. The van der Waals surface area contributed by atoms with Gasteiger partial charge in [-0.05, 0) is 37.1 Å². The fourth-order valence-corrected chi connectivity index (χ4v) is 1.19. The summed E-state index contributed by atoms with van der Waals surface area (Å²) in [6.07, 6.45) is 0. The second-order valence-electron chi connectivity index (χ2n) is 4.19. The Morgan fingerprint density at radius 1 is 1.18 bits per heavy atom. The van der Waals surface area contributed by atoms with E-state index in [1.807, 2.05) is 6.07 Å². The van der Waals surface area contributed by atoms with Crippen LogP contribution in [0.4, 0.5) is 5.69 Å². The Kier molecular flexibility index (Phi) is 4.32. The van der Waals surface area contributed by atoms with Crippen LogP contribution >= 0.6 is 0 Å². The van der Waals surface area contributed by atoms with Gasteiger partial charge in [0.15, 0.2) is 5.54 Å². The van der Waals surface area contributed by atoms with E-state index in [2.05, 4.69) is 10.2 Å². The molecule has 0 saturated carbocycles. The van der Waals surface area contributed by atoms with Crippen molar-refractivity contribution >= 4 is 5.69 Å². The molecule has 17 heavy (non-hydrogen) atoms. The van der Waals surface area contributed by atoms with E-state index < -0.39 is 5.54 Å². The molecule has 2 N–H and O–H groups in total. The maximum Gasteiger partial charge on any atom is 0.162 e. The number of nitrogens with zero attached hydrogens (tertiary/aromatic N) is 3. The summed E-state index contributed by atoms with van der Waals surface area (Å²) in [6.45, 7) is 3.05. The molecule has 0 unspecified atom stereocenters. The Bertz CT molecular complexity index is 439. The van der Waals surface area contributed by atoms with E-state index >= 15 is 0 Å². The molecule has 1 aromatic rings. The van der Waals surface area contributed by atoms with Crippen molar-refractivity contribution in [2.75, 3.05) is 0 Å². The molecule has 0 aliphatic heterocycles. The van der Waals surface area contributed by atoms with E-state index in [1.165, 1.54) is 0 Å². The summed E-state index contributed by atoms with van der Waals surface area (Å²) >= 11 is 0. The predicted molar refractivity (Wildman–Crippen MR) is 62.5 cm³/mol. The molecule has 0 aliphatic rings. The van der Waals surface area contributed by atoms with Crippen molar-refractivity contribution in [3.05, 3.63) is 29.3 Å². The summed E-state index contributed by atoms with van der Waals surface area (Å²) in [7, 11) is 0. The maximum absolute atomic E-state index is 9.05. The lowest BCUT2D eigenvalue weighted by molar-refractivity contribution is 0.275. The molecule has 0 amide bonds. The number of benzene rings is 1. The zero-order chi connectivity index (χ0) is 12.9. The van der Waals surface area contributed by atoms with Crippen LogP contribution in [0.25, 0.3) is 0 Å². The fraction of sp³-hybridized carbons (Fsp3) is 0.417. The number of hydrogen-bond donors (Lipinski definition) is 2. The molecule has 0 atom stereocenters. The molecule has 0 spiro atoms. The van der Waals surface area contributed by atoms with Crippen molar-refractivity contribution in [2.45, 2.75) is 32.6 Å². The van der Waals surface area contributed by atoms with Gasteiger partial charge in [0.25, 0.3) is 0 Å². The molecule has 5 heteroatoms. The predicted octanol–water partition coefficient (Wildman–Crippen LogP) is 2.06. The molecule has 0 bridgehead atoms. The molecule has 0 aromatic heterocycles. The van der Waals surface area contributed by atoms with E-state index in [0.29, 0.717) is 16.8 Å². The topological polar surface area (TPSA) is 89.0 Å². The number of aliphatic hydroxyl groups excluding tert-OH is 2. The number of nitriles is 1. The Morgan fingerprint density at radius 3 is 2.12 bits per heavy atom. The highest BCUT2D eigenvalue weighted by Crippen LogP contribution is 2.20. The maximum atomic E-state index is 9.05. The summed E-state index contributed by atoms with van der Waals surface area (Å²) in [5.41, 5.74) is 0.943. The zero-order valence-corrected chi connectivity index (χ0v) is 9.88. The Balaban J connectivity index is 3.03. The minimum absolute atomic E-state index is 0.127. The second kappa shape index (κ2) is 5.53. The van der Waals surface area contributed by atoms with Crippen LogP contribution in [0, 0.1) is 11.3 Å². The molecular weight excluding hydrogens is 218 g/mol. The normalized spacial score (nSPS) is 11.7. The summed E-state index contributed by atoms with van der Waals surface area (Å²) < 4.78 is 0.